The second kappa shape index (κ2) is 10.5. The number of unbranched alkanes of at least 4 members (excludes halogenated alkanes) is 3. The van der Waals surface area contributed by atoms with Crippen LogP contribution in [-0.4, -0.2) is 54.2 Å². The molecule has 31 heavy (non-hydrogen) atoms. The van der Waals surface area contributed by atoms with Crippen LogP contribution in [0.5, 0.6) is 11.5 Å². The number of hydrogen-bond donors (Lipinski definition) is 1. The minimum Gasteiger partial charge on any atom is -0.507 e. The lowest BCUT2D eigenvalue weighted by Crippen LogP contribution is -2.38. The SMILES string of the molecule is O=c1cc(-c2ccccc2)oc2cc(OCCCCCCN3CC[OH+]CC3)cc(O)c12. The van der Waals surface area contributed by atoms with E-state index >= 15 is 0 Å². The molecule has 2 N–H and O–H groups in total. The van der Waals surface area contributed by atoms with Crippen LogP contribution >= 0.6 is 0 Å². The van der Waals surface area contributed by atoms with E-state index in [-0.39, 0.29) is 16.6 Å². The molecular weight excluding hydrogens is 394 g/mol. The number of nitrogens with zero attached hydrogens (tertiary/aromatic N) is 1. The molecule has 6 nitrogen and oxygen atoms in total. The lowest BCUT2D eigenvalue weighted by Gasteiger charge is -2.23. The Morgan fingerprint density at radius 1 is 1.00 bits per heavy atom. The summed E-state index contributed by atoms with van der Waals surface area (Å²) in [4.78, 5) is 15.0. The van der Waals surface area contributed by atoms with E-state index in [1.807, 2.05) is 30.3 Å². The Kier molecular flexibility index (Phi) is 7.22. The number of phenolic OH excluding ortho intramolecular Hbond substituents is 1. The highest BCUT2D eigenvalue weighted by Gasteiger charge is 2.14. The summed E-state index contributed by atoms with van der Waals surface area (Å²) in [6.07, 6.45) is 4.42. The van der Waals surface area contributed by atoms with Crippen LogP contribution in [0.15, 0.2) is 57.7 Å². The molecule has 1 aliphatic rings. The summed E-state index contributed by atoms with van der Waals surface area (Å²) in [7, 11) is 0. The Hall–Kier alpha value is -2.83. The molecule has 2 heterocycles. The van der Waals surface area contributed by atoms with Crippen LogP contribution in [0.1, 0.15) is 25.7 Å². The van der Waals surface area contributed by atoms with Gasteiger partial charge in [0.1, 0.15) is 28.2 Å². The first-order valence-corrected chi connectivity index (χ1v) is 11.1. The maximum atomic E-state index is 12.5. The molecule has 1 aliphatic heterocycles. The molecule has 0 aliphatic carbocycles. The van der Waals surface area contributed by atoms with Gasteiger partial charge in [0.2, 0.25) is 0 Å². The van der Waals surface area contributed by atoms with Gasteiger partial charge in [-0.3, -0.25) is 9.69 Å². The molecule has 1 aromatic heterocycles. The van der Waals surface area contributed by atoms with Crippen molar-refractivity contribution in [2.75, 3.05) is 39.5 Å². The van der Waals surface area contributed by atoms with Gasteiger partial charge in [-0.25, -0.2) is 0 Å². The molecule has 0 spiro atoms. The third-order valence-corrected chi connectivity index (χ3v) is 5.63. The molecule has 1 fully saturated rings. The lowest BCUT2D eigenvalue weighted by molar-refractivity contribution is -0.0904. The zero-order valence-electron chi connectivity index (χ0n) is 17.8. The van der Waals surface area contributed by atoms with Gasteiger partial charge in [-0.1, -0.05) is 43.2 Å². The number of morpholine rings is 1. The summed E-state index contributed by atoms with van der Waals surface area (Å²) in [5.41, 5.74) is 0.868. The van der Waals surface area contributed by atoms with E-state index in [0.717, 1.165) is 51.3 Å². The molecule has 6 heteroatoms. The molecular formula is C25H30NO5+. The Labute approximate surface area is 182 Å². The van der Waals surface area contributed by atoms with Gasteiger partial charge in [0.05, 0.1) is 19.7 Å². The lowest BCUT2D eigenvalue weighted by atomic mass is 10.1. The third kappa shape index (κ3) is 5.66. The molecule has 0 unspecified atom stereocenters. The monoisotopic (exact) mass is 424 g/mol. The first kappa shape index (κ1) is 21.4. The highest BCUT2D eigenvalue weighted by molar-refractivity contribution is 5.86. The number of benzene rings is 2. The Bertz CT molecular complexity index is 1040. The Morgan fingerprint density at radius 3 is 2.58 bits per heavy atom. The zero-order chi connectivity index (χ0) is 21.5. The van der Waals surface area contributed by atoms with Crippen molar-refractivity contribution < 1.29 is 19.0 Å². The van der Waals surface area contributed by atoms with Crippen LogP contribution in [0.2, 0.25) is 0 Å². The number of ether oxygens (including phenoxy) is 2. The predicted molar refractivity (Wildman–Crippen MR) is 122 cm³/mol. The van der Waals surface area contributed by atoms with Crippen molar-refractivity contribution in [1.29, 1.82) is 0 Å². The fraction of sp³-hybridized carbons (Fsp3) is 0.400. The normalized spacial score (nSPS) is 14.7. The van der Waals surface area contributed by atoms with Crippen molar-refractivity contribution in [2.24, 2.45) is 0 Å². The van der Waals surface area contributed by atoms with Crippen molar-refractivity contribution in [2.45, 2.75) is 25.7 Å². The van der Waals surface area contributed by atoms with Crippen molar-refractivity contribution >= 4 is 11.0 Å². The van der Waals surface area contributed by atoms with E-state index in [1.165, 1.54) is 25.0 Å². The minimum atomic E-state index is -0.272. The fourth-order valence-electron chi connectivity index (χ4n) is 3.92. The van der Waals surface area contributed by atoms with E-state index in [0.29, 0.717) is 23.7 Å². The average Bonchev–Trinajstić information content (AvgIpc) is 2.79. The van der Waals surface area contributed by atoms with Crippen LogP contribution in [0.25, 0.3) is 22.3 Å². The number of aromatic hydroxyl groups is 1. The van der Waals surface area contributed by atoms with Gasteiger partial charge < -0.3 is 19.0 Å². The quantitative estimate of drug-likeness (QED) is 0.416. The van der Waals surface area contributed by atoms with E-state index in [2.05, 4.69) is 9.64 Å². The number of phenols is 1. The third-order valence-electron chi connectivity index (χ3n) is 5.63. The zero-order valence-corrected chi connectivity index (χ0v) is 17.8. The van der Waals surface area contributed by atoms with Gasteiger partial charge in [-0.15, -0.1) is 0 Å². The topological polar surface area (TPSA) is 75.7 Å². The largest absolute Gasteiger partial charge is 0.507 e. The van der Waals surface area contributed by atoms with Gasteiger partial charge in [0.15, 0.2) is 18.6 Å². The van der Waals surface area contributed by atoms with Gasteiger partial charge in [0.25, 0.3) is 0 Å². The van der Waals surface area contributed by atoms with Crippen LogP contribution in [0.4, 0.5) is 0 Å². The highest BCUT2D eigenvalue weighted by Crippen LogP contribution is 2.31. The first-order chi connectivity index (χ1) is 15.2. The molecule has 3 aromatic rings. The van der Waals surface area contributed by atoms with Crippen molar-refractivity contribution in [3.8, 4) is 22.8 Å². The molecule has 0 saturated carbocycles. The average molecular weight is 425 g/mol. The molecule has 4 rings (SSSR count). The van der Waals surface area contributed by atoms with Crippen LogP contribution < -0.4 is 10.2 Å². The smallest absolute Gasteiger partial charge is 0.197 e. The Balaban J connectivity index is 1.32. The fourth-order valence-corrected chi connectivity index (χ4v) is 3.92. The molecule has 0 radical (unpaired) electrons. The number of hydrogen-bond acceptors (Lipinski definition) is 5. The second-order valence-electron chi connectivity index (χ2n) is 7.93. The Morgan fingerprint density at radius 2 is 1.77 bits per heavy atom. The number of aliphatic hydroxyl groups is 2. The second-order valence-corrected chi connectivity index (χ2v) is 7.93. The van der Waals surface area contributed by atoms with E-state index in [1.54, 1.807) is 6.07 Å². The first-order valence-electron chi connectivity index (χ1n) is 11.1. The van der Waals surface area contributed by atoms with Crippen molar-refractivity contribution in [3.63, 3.8) is 0 Å². The van der Waals surface area contributed by atoms with Gasteiger partial charge in [-0.05, 0) is 19.4 Å². The molecule has 164 valence electrons. The summed E-state index contributed by atoms with van der Waals surface area (Å²) in [6, 6.07) is 14.0. The van der Waals surface area contributed by atoms with Crippen LogP contribution in [0, 0.1) is 0 Å². The number of fused-ring (bicyclic) bond motifs is 1. The van der Waals surface area contributed by atoms with E-state index < -0.39 is 0 Å². The highest BCUT2D eigenvalue weighted by atomic mass is 16.5. The maximum absolute atomic E-state index is 12.5. The summed E-state index contributed by atoms with van der Waals surface area (Å²) < 4.78 is 16.1. The van der Waals surface area contributed by atoms with Crippen molar-refractivity contribution in [3.05, 3.63) is 58.8 Å². The summed E-state index contributed by atoms with van der Waals surface area (Å²) >= 11 is 0. The van der Waals surface area contributed by atoms with Gasteiger partial charge >= 0.3 is 0 Å². The van der Waals surface area contributed by atoms with Crippen molar-refractivity contribution in [1.82, 2.24) is 4.90 Å². The molecule has 0 bridgehead atoms. The summed E-state index contributed by atoms with van der Waals surface area (Å²) in [6.45, 7) is 5.85. The molecule has 1 saturated heterocycles. The van der Waals surface area contributed by atoms with Gasteiger partial charge in [0, 0.05) is 23.8 Å². The van der Waals surface area contributed by atoms with Crippen LogP contribution in [0.3, 0.4) is 0 Å². The number of rotatable bonds is 9. The molecule has 0 atom stereocenters. The molecule has 0 amide bonds. The maximum Gasteiger partial charge on any atom is 0.197 e. The minimum absolute atomic E-state index is 0.117. The predicted octanol–water partition coefficient (Wildman–Crippen LogP) is 3.95. The van der Waals surface area contributed by atoms with E-state index in [4.69, 9.17) is 9.15 Å². The summed E-state index contributed by atoms with van der Waals surface area (Å²) in [5, 5.41) is 10.5. The molecule has 2 aromatic carbocycles. The van der Waals surface area contributed by atoms with Gasteiger partial charge in [-0.2, -0.15) is 0 Å². The van der Waals surface area contributed by atoms with E-state index in [9.17, 15) is 9.90 Å². The van der Waals surface area contributed by atoms with Crippen LogP contribution in [-0.2, 0) is 0 Å². The standard InChI is InChI=1S/C25H29NO5/c27-21-16-20(30-13-7-2-1-6-10-26-11-14-29-15-12-26)17-24-25(21)22(28)18-23(31-24)19-8-4-3-5-9-19/h3-5,8-9,16-18,27H,1-2,6-7,10-15H2/p+1. The summed E-state index contributed by atoms with van der Waals surface area (Å²) in [5.74, 6) is 0.863.